The van der Waals surface area contributed by atoms with Crippen molar-refractivity contribution in [2.45, 2.75) is 96.4 Å². The maximum Gasteiger partial charge on any atom is 0.326 e. The number of carbonyl (C=O) groups is 7. The molecule has 19 nitrogen and oxygen atoms in total. The summed E-state index contributed by atoms with van der Waals surface area (Å²) in [4.78, 5) is 96.3. The van der Waals surface area contributed by atoms with E-state index in [1.807, 2.05) is 24.8 Å². The number of nitrogens with one attached hydrogen (secondary N) is 9. The van der Waals surface area contributed by atoms with Gasteiger partial charge in [0, 0.05) is 65.2 Å². The van der Waals surface area contributed by atoms with Crippen molar-refractivity contribution in [2.24, 2.45) is 17.6 Å². The molecule has 0 radical (unpaired) electrons. The van der Waals surface area contributed by atoms with Crippen molar-refractivity contribution in [2.75, 3.05) is 72.0 Å². The zero-order valence-corrected chi connectivity index (χ0v) is 39.2. The van der Waals surface area contributed by atoms with Crippen molar-refractivity contribution in [3.63, 3.8) is 0 Å². The average molecular weight is 922 g/mol. The maximum absolute atomic E-state index is 14.1. The standard InChI is InChI=1S/C47H75N11O8/c1-32(2)27-37(54-43(61)36(17-11-12-18-48)53-40(59)30-52-41(60)31-58-25-23-50-21-19-49-20-22-51-24-26-58)45(63)57-42(33(3)4)46(64)55-38(28-34-13-7-5-8-14-34)44(62)56-39(47(65)66)29-35-15-9-6-10-16-35/h5-10,13-16,32-33,36-39,42,49-51H,11-12,17-31,48H2,1-4H3,(H,52,60)(H,53,59)(H,54,61)(H,55,64)(H,56,62)(H,57,63)(H,65,66). The third-order valence-corrected chi connectivity index (χ3v) is 11.0. The number of carbonyl (C=O) groups excluding carboxylic acids is 6. The SMILES string of the molecule is CC(C)CC(NC(=O)C(CCCCN)NC(=O)CNC(=O)CN1CCNCCNCCNCC1)C(=O)NC(C(=O)NC(Cc1ccccc1)C(=O)NC(Cc1ccccc1)C(=O)O)C(C)C. The Morgan fingerprint density at radius 1 is 0.606 bits per heavy atom. The van der Waals surface area contributed by atoms with Crippen LogP contribution in [0.1, 0.15) is 64.5 Å². The molecule has 6 amide bonds. The number of hydrogen-bond acceptors (Lipinski definition) is 12. The monoisotopic (exact) mass is 922 g/mol. The van der Waals surface area contributed by atoms with Crippen LogP contribution in [-0.4, -0.2) is 154 Å². The van der Waals surface area contributed by atoms with Crippen molar-refractivity contribution < 1.29 is 38.7 Å². The molecule has 19 heteroatoms. The van der Waals surface area contributed by atoms with Crippen molar-refractivity contribution in [3.8, 4) is 0 Å². The molecule has 0 bridgehead atoms. The second-order valence-electron chi connectivity index (χ2n) is 17.5. The third kappa shape index (κ3) is 21.7. The summed E-state index contributed by atoms with van der Waals surface area (Å²) in [5, 5.41) is 36.4. The van der Waals surface area contributed by atoms with Gasteiger partial charge < -0.3 is 58.7 Å². The predicted molar refractivity (Wildman–Crippen MR) is 253 cm³/mol. The van der Waals surface area contributed by atoms with Crippen molar-refractivity contribution >= 4 is 41.4 Å². The van der Waals surface area contributed by atoms with E-state index >= 15 is 0 Å². The highest BCUT2D eigenvalue weighted by Crippen LogP contribution is 2.12. The summed E-state index contributed by atoms with van der Waals surface area (Å²) in [5.41, 5.74) is 7.15. The maximum atomic E-state index is 14.1. The van der Waals surface area contributed by atoms with Crippen LogP contribution >= 0.6 is 0 Å². The van der Waals surface area contributed by atoms with E-state index in [0.29, 0.717) is 56.7 Å². The molecule has 5 atom stereocenters. The van der Waals surface area contributed by atoms with Gasteiger partial charge in [0.15, 0.2) is 0 Å². The van der Waals surface area contributed by atoms with Gasteiger partial charge in [-0.3, -0.25) is 33.7 Å². The quantitative estimate of drug-likeness (QED) is 0.0535. The molecule has 66 heavy (non-hydrogen) atoms. The second-order valence-corrected chi connectivity index (χ2v) is 17.5. The molecule has 1 saturated heterocycles. The van der Waals surface area contributed by atoms with E-state index in [0.717, 1.165) is 26.2 Å². The lowest BCUT2D eigenvalue weighted by Gasteiger charge is -2.29. The van der Waals surface area contributed by atoms with Crippen LogP contribution in [0.4, 0.5) is 0 Å². The number of nitrogens with two attached hydrogens (primary N) is 1. The van der Waals surface area contributed by atoms with E-state index in [1.165, 1.54) is 0 Å². The lowest BCUT2D eigenvalue weighted by atomic mass is 9.98. The van der Waals surface area contributed by atoms with Crippen molar-refractivity contribution in [1.82, 2.24) is 52.8 Å². The van der Waals surface area contributed by atoms with E-state index in [2.05, 4.69) is 47.9 Å². The third-order valence-electron chi connectivity index (χ3n) is 11.0. The molecule has 0 saturated carbocycles. The topological polar surface area (TPSA) is 277 Å². The smallest absolute Gasteiger partial charge is 0.326 e. The minimum Gasteiger partial charge on any atom is -0.480 e. The zero-order valence-electron chi connectivity index (χ0n) is 39.2. The molecule has 1 aliphatic heterocycles. The molecule has 1 fully saturated rings. The number of benzene rings is 2. The molecular formula is C47H75N11O8. The fourth-order valence-electron chi connectivity index (χ4n) is 7.32. The van der Waals surface area contributed by atoms with Gasteiger partial charge >= 0.3 is 5.97 Å². The van der Waals surface area contributed by atoms with Crippen LogP contribution in [-0.2, 0) is 46.4 Å². The number of carboxylic acids is 1. The largest absolute Gasteiger partial charge is 0.480 e. The van der Waals surface area contributed by atoms with Crippen LogP contribution < -0.4 is 53.6 Å². The summed E-state index contributed by atoms with van der Waals surface area (Å²) in [7, 11) is 0. The first-order valence-corrected chi connectivity index (χ1v) is 23.3. The van der Waals surface area contributed by atoms with Gasteiger partial charge in [0.05, 0.1) is 13.1 Å². The van der Waals surface area contributed by atoms with E-state index in [9.17, 15) is 38.7 Å². The van der Waals surface area contributed by atoms with Gasteiger partial charge in [-0.25, -0.2) is 4.79 Å². The molecular weight excluding hydrogens is 847 g/mol. The van der Waals surface area contributed by atoms with Gasteiger partial charge in [-0.1, -0.05) is 88.4 Å². The van der Waals surface area contributed by atoms with E-state index in [1.54, 1.807) is 68.4 Å². The van der Waals surface area contributed by atoms with Crippen LogP contribution in [0.3, 0.4) is 0 Å². The number of rotatable bonds is 25. The van der Waals surface area contributed by atoms with E-state index in [-0.39, 0.29) is 50.6 Å². The zero-order chi connectivity index (χ0) is 48.3. The number of hydrogen-bond donors (Lipinski definition) is 11. The molecule has 3 rings (SSSR count). The fraction of sp³-hybridized carbons (Fsp3) is 0.596. The molecule has 2 aromatic carbocycles. The van der Waals surface area contributed by atoms with Crippen LogP contribution in [0, 0.1) is 11.8 Å². The Bertz CT molecular complexity index is 1790. The summed E-state index contributed by atoms with van der Waals surface area (Å²) in [6.45, 7) is 13.3. The lowest BCUT2D eigenvalue weighted by molar-refractivity contribution is -0.142. The van der Waals surface area contributed by atoms with Gasteiger partial charge in [-0.15, -0.1) is 0 Å². The summed E-state index contributed by atoms with van der Waals surface area (Å²) >= 11 is 0. The highest BCUT2D eigenvalue weighted by atomic mass is 16.4. The molecule has 1 aliphatic rings. The number of nitrogens with zero attached hydrogens (tertiary/aromatic N) is 1. The van der Waals surface area contributed by atoms with Crippen LogP contribution in [0.2, 0.25) is 0 Å². The van der Waals surface area contributed by atoms with Crippen LogP contribution in [0.25, 0.3) is 0 Å². The second kappa shape index (κ2) is 30.7. The minimum absolute atomic E-state index is 0.0175. The minimum atomic E-state index is -1.28. The van der Waals surface area contributed by atoms with E-state index in [4.69, 9.17) is 5.73 Å². The highest BCUT2D eigenvalue weighted by Gasteiger charge is 2.34. The summed E-state index contributed by atoms with van der Waals surface area (Å²) in [6, 6.07) is 12.0. The molecule has 2 aromatic rings. The van der Waals surface area contributed by atoms with Gasteiger partial charge in [0.25, 0.3) is 0 Å². The molecule has 0 aliphatic carbocycles. The van der Waals surface area contributed by atoms with Gasteiger partial charge in [-0.05, 0) is 55.2 Å². The Labute approximate surface area is 389 Å². The Hall–Kier alpha value is -5.47. The normalized spacial score (nSPS) is 16.2. The van der Waals surface area contributed by atoms with Crippen molar-refractivity contribution in [3.05, 3.63) is 71.8 Å². The first kappa shape index (κ1) is 54.9. The number of aliphatic carboxylic acids is 1. The Morgan fingerprint density at radius 2 is 1.11 bits per heavy atom. The van der Waals surface area contributed by atoms with Crippen LogP contribution in [0.5, 0.6) is 0 Å². The lowest BCUT2D eigenvalue weighted by Crippen LogP contribution is -2.60. The van der Waals surface area contributed by atoms with E-state index < -0.39 is 71.6 Å². The van der Waals surface area contributed by atoms with Gasteiger partial charge in [-0.2, -0.15) is 0 Å². The summed E-state index contributed by atoms with van der Waals surface area (Å²) < 4.78 is 0. The summed E-state index contributed by atoms with van der Waals surface area (Å²) in [6.07, 6.45) is 1.55. The number of amides is 6. The molecule has 0 spiro atoms. The molecule has 1 heterocycles. The highest BCUT2D eigenvalue weighted by molar-refractivity contribution is 5.96. The van der Waals surface area contributed by atoms with Crippen molar-refractivity contribution in [1.29, 1.82) is 0 Å². The Kier molecular flexibility index (Phi) is 25.5. The van der Waals surface area contributed by atoms with Gasteiger partial charge in [0.2, 0.25) is 35.4 Å². The first-order chi connectivity index (χ1) is 31.7. The number of unbranched alkanes of at least 4 members (excludes halogenated alkanes) is 1. The molecule has 0 aromatic heterocycles. The first-order valence-electron chi connectivity index (χ1n) is 23.3. The summed E-state index contributed by atoms with van der Waals surface area (Å²) in [5.74, 6) is -5.37. The molecule has 366 valence electrons. The Morgan fingerprint density at radius 3 is 1.64 bits per heavy atom. The number of carboxylic acid groups (broad SMARTS) is 1. The molecule has 12 N–H and O–H groups in total. The van der Waals surface area contributed by atoms with Crippen LogP contribution in [0.15, 0.2) is 60.7 Å². The predicted octanol–water partition coefficient (Wildman–Crippen LogP) is -0.988. The average Bonchev–Trinajstić information content (AvgIpc) is 3.27. The van der Waals surface area contributed by atoms with Gasteiger partial charge in [0.1, 0.15) is 30.2 Å². The Balaban J connectivity index is 1.70. The molecule has 5 unspecified atom stereocenters. The fourth-order valence-corrected chi connectivity index (χ4v) is 7.32.